The number of aliphatic hydroxyl groups is 1. The van der Waals surface area contributed by atoms with E-state index in [1.54, 1.807) is 18.2 Å². The average molecular weight is 347 g/mol. The second-order valence-corrected chi connectivity index (χ2v) is 5.70. The lowest BCUT2D eigenvalue weighted by Crippen LogP contribution is -2.43. The van der Waals surface area contributed by atoms with Crippen LogP contribution < -0.4 is 10.6 Å². The molecule has 2 rings (SSSR count). The van der Waals surface area contributed by atoms with Crippen molar-refractivity contribution in [2.24, 2.45) is 0 Å². The van der Waals surface area contributed by atoms with Crippen LogP contribution in [0.4, 0.5) is 14.9 Å². The second kappa shape index (κ2) is 7.71. The number of para-hydroxylation sites is 1. The predicted octanol–water partition coefficient (Wildman–Crippen LogP) is 2.44. The number of hydrogen-bond acceptors (Lipinski definition) is 4. The van der Waals surface area contributed by atoms with Crippen LogP contribution in [0.2, 0.25) is 0 Å². The Morgan fingerprint density at radius 3 is 2.48 bits per heavy atom. The molecule has 7 nitrogen and oxygen atoms in total. The molecule has 1 atom stereocenters. The molecule has 0 radical (unpaired) electrons. The van der Waals surface area contributed by atoms with Gasteiger partial charge in [-0.1, -0.05) is 30.3 Å². The van der Waals surface area contributed by atoms with Crippen molar-refractivity contribution in [3.8, 4) is 0 Å². The lowest BCUT2D eigenvalue weighted by molar-refractivity contribution is -0.385. The van der Waals surface area contributed by atoms with Crippen LogP contribution in [0.25, 0.3) is 0 Å². The van der Waals surface area contributed by atoms with Crippen LogP contribution >= 0.6 is 0 Å². The summed E-state index contributed by atoms with van der Waals surface area (Å²) < 4.78 is 12.9. The van der Waals surface area contributed by atoms with Crippen molar-refractivity contribution in [3.63, 3.8) is 0 Å². The first-order valence-electron chi connectivity index (χ1n) is 7.52. The fourth-order valence-corrected chi connectivity index (χ4v) is 2.24. The van der Waals surface area contributed by atoms with Gasteiger partial charge in [0.25, 0.3) is 5.69 Å². The van der Waals surface area contributed by atoms with Gasteiger partial charge in [0, 0.05) is 11.6 Å². The number of nitro benzene ring substituents is 1. The van der Waals surface area contributed by atoms with Gasteiger partial charge in [-0.25, -0.2) is 9.18 Å². The third-order valence-electron chi connectivity index (χ3n) is 3.69. The zero-order valence-electron chi connectivity index (χ0n) is 13.5. The molecule has 3 N–H and O–H groups in total. The second-order valence-electron chi connectivity index (χ2n) is 5.70. The third-order valence-corrected chi connectivity index (χ3v) is 3.69. The zero-order valence-corrected chi connectivity index (χ0v) is 13.5. The van der Waals surface area contributed by atoms with Crippen molar-refractivity contribution in [3.05, 3.63) is 75.6 Å². The Morgan fingerprint density at radius 1 is 1.20 bits per heavy atom. The molecule has 132 valence electrons. The molecule has 0 saturated heterocycles. The van der Waals surface area contributed by atoms with Gasteiger partial charge >= 0.3 is 6.03 Å². The minimum Gasteiger partial charge on any atom is -0.384 e. The van der Waals surface area contributed by atoms with E-state index >= 15 is 0 Å². The van der Waals surface area contributed by atoms with Crippen molar-refractivity contribution in [2.45, 2.75) is 19.1 Å². The first-order valence-corrected chi connectivity index (χ1v) is 7.52. The Hall–Kier alpha value is -3.00. The maximum absolute atomic E-state index is 12.9. The fraction of sp³-hybridized carbons (Fsp3) is 0.235. The topological polar surface area (TPSA) is 104 Å². The number of carbonyl (C=O) groups is 1. The van der Waals surface area contributed by atoms with E-state index in [9.17, 15) is 24.4 Å². The molecular formula is C17H18FN3O4. The molecule has 0 aliphatic rings. The van der Waals surface area contributed by atoms with Gasteiger partial charge in [0.05, 0.1) is 18.0 Å². The summed E-state index contributed by atoms with van der Waals surface area (Å²) in [4.78, 5) is 22.3. The number of nitrogens with one attached hydrogen (secondary N) is 2. The van der Waals surface area contributed by atoms with Gasteiger partial charge in [-0.05, 0) is 24.6 Å². The van der Waals surface area contributed by atoms with Crippen LogP contribution in [0.15, 0.2) is 48.5 Å². The Morgan fingerprint density at radius 2 is 1.84 bits per heavy atom. The van der Waals surface area contributed by atoms with Crippen molar-refractivity contribution in [1.82, 2.24) is 10.6 Å². The SMILES string of the molecule is C[C@@](O)(CNC(=O)NCc1ccccc1[N+](=O)[O-])c1ccc(F)cc1. The standard InChI is InChI=1S/C17H18FN3O4/c1-17(23,13-6-8-14(18)9-7-13)11-20-16(22)19-10-12-4-2-3-5-15(12)21(24)25/h2-9,23H,10-11H2,1H3,(H2,19,20,22)/t17-/m1/s1. The summed E-state index contributed by atoms with van der Waals surface area (Å²) in [5, 5.41) is 26.3. The van der Waals surface area contributed by atoms with E-state index in [0.29, 0.717) is 11.1 Å². The Kier molecular flexibility index (Phi) is 5.66. The van der Waals surface area contributed by atoms with E-state index in [2.05, 4.69) is 10.6 Å². The molecule has 8 heteroatoms. The van der Waals surface area contributed by atoms with Crippen LogP contribution in [0, 0.1) is 15.9 Å². The molecule has 0 bridgehead atoms. The Balaban J connectivity index is 1.90. The summed E-state index contributed by atoms with van der Waals surface area (Å²) in [7, 11) is 0. The van der Waals surface area contributed by atoms with Gasteiger partial charge in [-0.2, -0.15) is 0 Å². The number of urea groups is 1. The van der Waals surface area contributed by atoms with Gasteiger partial charge in [0.15, 0.2) is 0 Å². The van der Waals surface area contributed by atoms with Gasteiger partial charge in [0.1, 0.15) is 11.4 Å². The minimum absolute atomic E-state index is 0.0261. The Labute approximate surface area is 143 Å². The maximum Gasteiger partial charge on any atom is 0.315 e. The predicted molar refractivity (Wildman–Crippen MR) is 89.3 cm³/mol. The smallest absolute Gasteiger partial charge is 0.315 e. The molecular weight excluding hydrogens is 329 g/mol. The highest BCUT2D eigenvalue weighted by Gasteiger charge is 2.24. The number of halogens is 1. The van der Waals surface area contributed by atoms with Crippen molar-refractivity contribution < 1.29 is 19.2 Å². The molecule has 0 spiro atoms. The molecule has 2 amide bonds. The first-order chi connectivity index (χ1) is 11.8. The van der Waals surface area contributed by atoms with Gasteiger partial charge in [0.2, 0.25) is 0 Å². The highest BCUT2D eigenvalue weighted by atomic mass is 19.1. The van der Waals surface area contributed by atoms with Gasteiger partial charge < -0.3 is 15.7 Å². The van der Waals surface area contributed by atoms with E-state index in [0.717, 1.165) is 0 Å². The quantitative estimate of drug-likeness (QED) is 0.551. The van der Waals surface area contributed by atoms with E-state index in [1.165, 1.54) is 37.3 Å². The number of rotatable bonds is 6. The third kappa shape index (κ3) is 4.98. The maximum atomic E-state index is 12.9. The van der Waals surface area contributed by atoms with Crippen LogP contribution in [0.3, 0.4) is 0 Å². The molecule has 2 aromatic rings. The lowest BCUT2D eigenvalue weighted by atomic mass is 9.96. The van der Waals surface area contributed by atoms with Crippen LogP contribution in [-0.4, -0.2) is 22.6 Å². The van der Waals surface area contributed by atoms with Crippen molar-refractivity contribution in [1.29, 1.82) is 0 Å². The van der Waals surface area contributed by atoms with Crippen LogP contribution in [-0.2, 0) is 12.1 Å². The highest BCUT2D eigenvalue weighted by Crippen LogP contribution is 2.20. The minimum atomic E-state index is -1.39. The first kappa shape index (κ1) is 18.3. The van der Waals surface area contributed by atoms with E-state index in [-0.39, 0.29) is 18.8 Å². The largest absolute Gasteiger partial charge is 0.384 e. The van der Waals surface area contributed by atoms with Crippen molar-refractivity contribution >= 4 is 11.7 Å². The summed E-state index contributed by atoms with van der Waals surface area (Å²) in [5.41, 5.74) is -0.647. The van der Waals surface area contributed by atoms with Gasteiger partial charge in [-0.15, -0.1) is 0 Å². The molecule has 0 aromatic heterocycles. The number of amides is 2. The lowest BCUT2D eigenvalue weighted by Gasteiger charge is -2.24. The highest BCUT2D eigenvalue weighted by molar-refractivity contribution is 5.74. The number of nitro groups is 1. The molecule has 25 heavy (non-hydrogen) atoms. The van der Waals surface area contributed by atoms with Gasteiger partial charge in [-0.3, -0.25) is 10.1 Å². The Bertz CT molecular complexity index is 763. The van der Waals surface area contributed by atoms with E-state index in [1.807, 2.05) is 0 Å². The van der Waals surface area contributed by atoms with Crippen LogP contribution in [0.1, 0.15) is 18.1 Å². The number of hydrogen-bond donors (Lipinski definition) is 3. The molecule has 2 aromatic carbocycles. The zero-order chi connectivity index (χ0) is 18.4. The molecule has 0 unspecified atom stereocenters. The summed E-state index contributed by atoms with van der Waals surface area (Å²) in [5.74, 6) is -0.422. The molecule has 0 heterocycles. The molecule has 0 aliphatic carbocycles. The summed E-state index contributed by atoms with van der Waals surface area (Å²) >= 11 is 0. The molecule has 0 fully saturated rings. The monoisotopic (exact) mass is 347 g/mol. The fourth-order valence-electron chi connectivity index (χ4n) is 2.24. The average Bonchev–Trinajstić information content (AvgIpc) is 2.59. The van der Waals surface area contributed by atoms with E-state index in [4.69, 9.17) is 0 Å². The van der Waals surface area contributed by atoms with Crippen LogP contribution in [0.5, 0.6) is 0 Å². The summed E-state index contributed by atoms with van der Waals surface area (Å²) in [6.45, 7) is 1.35. The molecule has 0 aliphatic heterocycles. The number of nitrogens with zero attached hydrogens (tertiary/aromatic N) is 1. The van der Waals surface area contributed by atoms with Crippen molar-refractivity contribution in [2.75, 3.05) is 6.54 Å². The number of benzene rings is 2. The normalized spacial score (nSPS) is 12.9. The number of carbonyl (C=O) groups excluding carboxylic acids is 1. The summed E-state index contributed by atoms with van der Waals surface area (Å²) in [6, 6.07) is 10.8. The van der Waals surface area contributed by atoms with E-state index < -0.39 is 22.4 Å². The summed E-state index contributed by atoms with van der Waals surface area (Å²) in [6.07, 6.45) is 0. The molecule has 0 saturated carbocycles.